The summed E-state index contributed by atoms with van der Waals surface area (Å²) in [5.74, 6) is 1.65. The molecule has 4 saturated carbocycles. The van der Waals surface area contributed by atoms with Crippen molar-refractivity contribution in [2.75, 3.05) is 0 Å². The number of aromatic hydroxyl groups is 1. The lowest BCUT2D eigenvalue weighted by Crippen LogP contribution is -2.48. The quantitative estimate of drug-likeness (QED) is 0.307. The van der Waals surface area contributed by atoms with Gasteiger partial charge < -0.3 is 5.11 Å². The number of halogens is 2. The fourth-order valence-electron chi connectivity index (χ4n) is 7.02. The zero-order valence-corrected chi connectivity index (χ0v) is 20.6. The van der Waals surface area contributed by atoms with Crippen molar-refractivity contribution in [2.45, 2.75) is 43.9 Å². The second-order valence-corrected chi connectivity index (χ2v) is 11.2. The van der Waals surface area contributed by atoms with Gasteiger partial charge in [0.1, 0.15) is 11.4 Å². The van der Waals surface area contributed by atoms with Crippen LogP contribution < -0.4 is 5.56 Å². The molecule has 1 aromatic heterocycles. The lowest BCUT2D eigenvalue weighted by molar-refractivity contribution is -0.00518. The number of aromatic nitrogens is 2. The van der Waals surface area contributed by atoms with Crippen molar-refractivity contribution in [1.29, 1.82) is 0 Å². The Hall–Kier alpha value is -2.77. The summed E-state index contributed by atoms with van der Waals surface area (Å²) in [6.45, 7) is 0. The summed E-state index contributed by atoms with van der Waals surface area (Å²) in [5.41, 5.74) is 2.11. The number of hydrogen-bond acceptors (Lipinski definition) is 4. The van der Waals surface area contributed by atoms with Gasteiger partial charge in [-0.2, -0.15) is 0 Å². The monoisotopic (exact) mass is 509 g/mol. The molecule has 4 fully saturated rings. The van der Waals surface area contributed by atoms with Gasteiger partial charge >= 0.3 is 0 Å². The van der Waals surface area contributed by atoms with Crippen LogP contribution in [0.1, 0.15) is 49.7 Å². The Balaban J connectivity index is 1.30. The van der Waals surface area contributed by atoms with Crippen LogP contribution in [0.4, 0.5) is 10.1 Å². The van der Waals surface area contributed by atoms with E-state index in [1.807, 2.05) is 12.1 Å². The predicted octanol–water partition coefficient (Wildman–Crippen LogP) is 6.61. The minimum Gasteiger partial charge on any atom is -0.494 e. The standard InChI is InChI=1S/C27H25ClFN3O2S/c28-22-10-20(5-6-23(22)29)32-25(34)21(24(33)31-26(32)35)14-30-19-3-1-18(2-4-19)27-11-15-7-16(12-27)9-17(8-15)13-27/h1-6,10,14-17,34H,7-9,11-13H2,(H,31,33,35). The Bertz CT molecular complexity index is 1430. The second kappa shape index (κ2) is 8.42. The van der Waals surface area contributed by atoms with Crippen LogP contribution in [0.25, 0.3) is 5.69 Å². The molecular weight excluding hydrogens is 485 g/mol. The maximum Gasteiger partial charge on any atom is 0.264 e. The molecule has 3 aromatic rings. The highest BCUT2D eigenvalue weighted by Gasteiger charge is 2.51. The molecule has 35 heavy (non-hydrogen) atoms. The van der Waals surface area contributed by atoms with Crippen molar-refractivity contribution in [3.63, 3.8) is 0 Å². The van der Waals surface area contributed by atoms with E-state index in [0.717, 1.165) is 17.8 Å². The van der Waals surface area contributed by atoms with Gasteiger partial charge in [-0.05, 0) is 110 Å². The van der Waals surface area contributed by atoms with E-state index < -0.39 is 17.3 Å². The van der Waals surface area contributed by atoms with Crippen LogP contribution in [0.2, 0.25) is 5.02 Å². The predicted molar refractivity (Wildman–Crippen MR) is 137 cm³/mol. The highest BCUT2D eigenvalue weighted by Crippen LogP contribution is 2.60. The Morgan fingerprint density at radius 1 is 1.09 bits per heavy atom. The van der Waals surface area contributed by atoms with Gasteiger partial charge in [-0.3, -0.25) is 19.3 Å². The molecule has 2 N–H and O–H groups in total. The summed E-state index contributed by atoms with van der Waals surface area (Å²) in [6.07, 6.45) is 9.44. The molecule has 8 heteroatoms. The molecular formula is C27H25ClFN3O2S. The second-order valence-electron chi connectivity index (χ2n) is 10.4. The Morgan fingerprint density at radius 2 is 1.71 bits per heavy atom. The van der Waals surface area contributed by atoms with Crippen molar-refractivity contribution in [3.8, 4) is 11.6 Å². The molecule has 7 rings (SSSR count). The normalized spacial score (nSPS) is 27.1. The van der Waals surface area contributed by atoms with E-state index in [9.17, 15) is 14.3 Å². The van der Waals surface area contributed by atoms with Gasteiger partial charge in [0.25, 0.3) is 5.56 Å². The molecule has 0 atom stereocenters. The summed E-state index contributed by atoms with van der Waals surface area (Å²) in [6, 6.07) is 12.2. The van der Waals surface area contributed by atoms with Crippen LogP contribution in [-0.2, 0) is 5.41 Å². The minimum absolute atomic E-state index is 0.0350. The topological polar surface area (TPSA) is 70.4 Å². The molecule has 0 saturated heterocycles. The smallest absolute Gasteiger partial charge is 0.264 e. The first kappa shape index (κ1) is 22.7. The van der Waals surface area contributed by atoms with Crippen molar-refractivity contribution >= 4 is 35.7 Å². The maximum atomic E-state index is 13.6. The van der Waals surface area contributed by atoms with Crippen molar-refractivity contribution < 1.29 is 9.50 Å². The van der Waals surface area contributed by atoms with Crippen LogP contribution in [0.15, 0.2) is 52.3 Å². The third kappa shape index (κ3) is 3.95. The number of nitrogens with one attached hydrogen (secondary N) is 1. The molecule has 4 aliphatic rings. The Labute approximate surface area is 212 Å². The number of hydrogen-bond donors (Lipinski definition) is 2. The fourth-order valence-corrected chi connectivity index (χ4v) is 7.48. The number of rotatable bonds is 4. The number of H-pyrrole nitrogens is 1. The van der Waals surface area contributed by atoms with Crippen LogP contribution in [0.5, 0.6) is 5.88 Å². The highest BCUT2D eigenvalue weighted by atomic mass is 35.5. The van der Waals surface area contributed by atoms with Gasteiger partial charge in [-0.15, -0.1) is 0 Å². The molecule has 0 aliphatic heterocycles. The van der Waals surface area contributed by atoms with E-state index in [1.165, 1.54) is 73.1 Å². The average Bonchev–Trinajstić information content (AvgIpc) is 2.80. The third-order valence-electron chi connectivity index (χ3n) is 8.14. The van der Waals surface area contributed by atoms with Gasteiger partial charge in [0, 0.05) is 6.21 Å². The molecule has 0 radical (unpaired) electrons. The first-order chi connectivity index (χ1) is 16.8. The summed E-state index contributed by atoms with van der Waals surface area (Å²) >= 11 is 11.1. The molecule has 2 aromatic carbocycles. The summed E-state index contributed by atoms with van der Waals surface area (Å²) in [5, 5.41) is 10.7. The van der Waals surface area contributed by atoms with Gasteiger partial charge in [-0.1, -0.05) is 23.7 Å². The molecule has 4 bridgehead atoms. The van der Waals surface area contributed by atoms with E-state index in [1.54, 1.807) is 0 Å². The zero-order chi connectivity index (χ0) is 24.3. The van der Waals surface area contributed by atoms with E-state index in [2.05, 4.69) is 22.1 Å². The van der Waals surface area contributed by atoms with Crippen LogP contribution in [-0.4, -0.2) is 20.9 Å². The molecule has 0 spiro atoms. The lowest BCUT2D eigenvalue weighted by Gasteiger charge is -2.57. The van der Waals surface area contributed by atoms with E-state index in [4.69, 9.17) is 23.8 Å². The zero-order valence-electron chi connectivity index (χ0n) is 19.0. The molecule has 4 aliphatic carbocycles. The molecule has 5 nitrogen and oxygen atoms in total. The SMILES string of the molecule is O=c1[nH]c(=S)n(-c2ccc(F)c(Cl)c2)c(O)c1C=Nc1ccc(C23CC4CC(CC(C4)C2)C3)cc1. The average molecular weight is 510 g/mol. The summed E-state index contributed by atoms with van der Waals surface area (Å²) in [4.78, 5) is 19.5. The molecule has 1 heterocycles. The number of benzene rings is 2. The molecule has 0 amide bonds. The van der Waals surface area contributed by atoms with Crippen molar-refractivity contribution in [2.24, 2.45) is 22.7 Å². The first-order valence-corrected chi connectivity index (χ1v) is 12.8. The molecule has 180 valence electrons. The Morgan fingerprint density at radius 3 is 2.31 bits per heavy atom. The van der Waals surface area contributed by atoms with Crippen molar-refractivity contribution in [1.82, 2.24) is 9.55 Å². The fraction of sp³-hybridized carbons (Fsp3) is 0.370. The van der Waals surface area contributed by atoms with Gasteiger partial charge in [0.2, 0.25) is 5.88 Å². The largest absolute Gasteiger partial charge is 0.494 e. The maximum absolute atomic E-state index is 13.6. The first-order valence-electron chi connectivity index (χ1n) is 12.0. The number of aliphatic imine (C=N–C) groups is 1. The van der Waals surface area contributed by atoms with Crippen LogP contribution >= 0.6 is 23.8 Å². The van der Waals surface area contributed by atoms with Crippen LogP contribution in [0, 0.1) is 28.3 Å². The molecule has 0 unspecified atom stereocenters. The van der Waals surface area contributed by atoms with Crippen LogP contribution in [0.3, 0.4) is 0 Å². The number of nitrogens with zero attached hydrogens (tertiary/aromatic N) is 2. The number of aromatic amines is 1. The lowest BCUT2D eigenvalue weighted by atomic mass is 9.48. The van der Waals surface area contributed by atoms with Gasteiger partial charge in [0.05, 0.1) is 16.4 Å². The van der Waals surface area contributed by atoms with Crippen molar-refractivity contribution in [3.05, 3.63) is 79.6 Å². The Kier molecular flexibility index (Phi) is 5.45. The van der Waals surface area contributed by atoms with Gasteiger partial charge in [-0.25, -0.2) is 4.39 Å². The third-order valence-corrected chi connectivity index (χ3v) is 8.72. The van der Waals surface area contributed by atoms with Gasteiger partial charge in [0.15, 0.2) is 4.77 Å². The van der Waals surface area contributed by atoms with E-state index in [-0.39, 0.29) is 15.4 Å². The summed E-state index contributed by atoms with van der Waals surface area (Å²) in [7, 11) is 0. The van der Waals surface area contributed by atoms with E-state index >= 15 is 0 Å². The summed E-state index contributed by atoms with van der Waals surface area (Å²) < 4.78 is 14.8. The highest BCUT2D eigenvalue weighted by molar-refractivity contribution is 7.71. The van der Waals surface area contributed by atoms with E-state index in [0.29, 0.717) is 16.8 Å². The minimum atomic E-state index is -0.593.